The maximum absolute atomic E-state index is 12.7. The summed E-state index contributed by atoms with van der Waals surface area (Å²) < 4.78 is 27.7. The fourth-order valence-electron chi connectivity index (χ4n) is 3.08. The lowest BCUT2D eigenvalue weighted by atomic mass is 10.1. The van der Waals surface area contributed by atoms with E-state index in [-0.39, 0.29) is 16.8 Å². The second-order valence-electron chi connectivity index (χ2n) is 6.17. The largest absolute Gasteiger partial charge is 0.334 e. The first kappa shape index (κ1) is 18.7. The van der Waals surface area contributed by atoms with Crippen molar-refractivity contribution in [1.82, 2.24) is 4.90 Å². The van der Waals surface area contributed by atoms with Gasteiger partial charge in [-0.25, -0.2) is 8.42 Å². The third kappa shape index (κ3) is 4.00. The minimum absolute atomic E-state index is 0.00680. The average Bonchev–Trinajstić information content (AvgIpc) is 3.09. The van der Waals surface area contributed by atoms with Gasteiger partial charge in [-0.05, 0) is 49.2 Å². The molecule has 0 aliphatic carbocycles. The SMILES string of the molecule is NCC1CCCN1C(=O)c1cccc(S(=O)(=O)Nc2cccc(Cl)c2)c1. The van der Waals surface area contributed by atoms with Crippen LogP contribution in [0.4, 0.5) is 5.69 Å². The monoisotopic (exact) mass is 393 g/mol. The summed E-state index contributed by atoms with van der Waals surface area (Å²) in [6, 6.07) is 12.5. The van der Waals surface area contributed by atoms with Crippen molar-refractivity contribution in [3.8, 4) is 0 Å². The van der Waals surface area contributed by atoms with Crippen LogP contribution in [0.3, 0.4) is 0 Å². The van der Waals surface area contributed by atoms with E-state index in [0.717, 1.165) is 12.8 Å². The van der Waals surface area contributed by atoms with E-state index in [9.17, 15) is 13.2 Å². The Morgan fingerprint density at radius 2 is 2.00 bits per heavy atom. The number of sulfonamides is 1. The van der Waals surface area contributed by atoms with Crippen LogP contribution in [0.1, 0.15) is 23.2 Å². The quantitative estimate of drug-likeness (QED) is 0.816. The Morgan fingerprint density at radius 1 is 1.23 bits per heavy atom. The molecule has 1 heterocycles. The number of rotatable bonds is 5. The number of hydrogen-bond acceptors (Lipinski definition) is 4. The van der Waals surface area contributed by atoms with E-state index in [1.54, 1.807) is 35.2 Å². The van der Waals surface area contributed by atoms with Crippen LogP contribution in [-0.2, 0) is 10.0 Å². The van der Waals surface area contributed by atoms with Crippen molar-refractivity contribution in [2.45, 2.75) is 23.8 Å². The van der Waals surface area contributed by atoms with Crippen molar-refractivity contribution in [3.05, 3.63) is 59.1 Å². The Labute approximate surface area is 158 Å². The Hall–Kier alpha value is -2.09. The van der Waals surface area contributed by atoms with Gasteiger partial charge in [-0.3, -0.25) is 9.52 Å². The van der Waals surface area contributed by atoms with Crippen LogP contribution in [0.2, 0.25) is 5.02 Å². The number of anilines is 1. The molecule has 6 nitrogen and oxygen atoms in total. The van der Waals surface area contributed by atoms with Crippen LogP contribution in [-0.4, -0.2) is 38.4 Å². The molecule has 2 aromatic carbocycles. The summed E-state index contributed by atoms with van der Waals surface area (Å²) in [6.45, 7) is 1.04. The molecule has 1 atom stereocenters. The van der Waals surface area contributed by atoms with Crippen molar-refractivity contribution in [1.29, 1.82) is 0 Å². The van der Waals surface area contributed by atoms with Gasteiger partial charge in [-0.15, -0.1) is 0 Å². The first-order chi connectivity index (χ1) is 12.4. The predicted octanol–water partition coefficient (Wildman–Crippen LogP) is 2.70. The molecule has 0 bridgehead atoms. The van der Waals surface area contributed by atoms with E-state index in [2.05, 4.69) is 4.72 Å². The first-order valence-electron chi connectivity index (χ1n) is 8.30. The fourth-order valence-corrected chi connectivity index (χ4v) is 4.36. The molecule has 0 aromatic heterocycles. The lowest BCUT2D eigenvalue weighted by Crippen LogP contribution is -2.39. The Balaban J connectivity index is 1.85. The molecule has 0 saturated carbocycles. The molecule has 0 radical (unpaired) electrons. The number of carbonyl (C=O) groups excluding carboxylic acids is 1. The summed E-state index contributed by atoms with van der Waals surface area (Å²) in [5.74, 6) is -0.197. The molecule has 1 amide bonds. The Bertz CT molecular complexity index is 917. The molecule has 2 aromatic rings. The molecule has 1 aliphatic rings. The highest BCUT2D eigenvalue weighted by Crippen LogP contribution is 2.23. The number of nitrogens with zero attached hydrogens (tertiary/aromatic N) is 1. The van der Waals surface area contributed by atoms with Gasteiger partial charge in [0.05, 0.1) is 10.6 Å². The van der Waals surface area contributed by atoms with Gasteiger partial charge >= 0.3 is 0 Å². The van der Waals surface area contributed by atoms with Crippen molar-refractivity contribution in [2.75, 3.05) is 17.8 Å². The maximum Gasteiger partial charge on any atom is 0.261 e. The summed E-state index contributed by atoms with van der Waals surface area (Å²) in [7, 11) is -3.83. The van der Waals surface area contributed by atoms with Crippen LogP contribution in [0.25, 0.3) is 0 Å². The minimum Gasteiger partial charge on any atom is -0.334 e. The van der Waals surface area contributed by atoms with Crippen molar-refractivity contribution < 1.29 is 13.2 Å². The summed E-state index contributed by atoms with van der Waals surface area (Å²) in [5, 5.41) is 0.427. The van der Waals surface area contributed by atoms with Crippen molar-refractivity contribution in [3.63, 3.8) is 0 Å². The van der Waals surface area contributed by atoms with Crippen molar-refractivity contribution >= 4 is 33.2 Å². The topological polar surface area (TPSA) is 92.5 Å². The lowest BCUT2D eigenvalue weighted by molar-refractivity contribution is 0.0741. The molecule has 1 unspecified atom stereocenters. The molecule has 3 N–H and O–H groups in total. The number of benzene rings is 2. The molecule has 1 saturated heterocycles. The Morgan fingerprint density at radius 3 is 2.73 bits per heavy atom. The molecule has 138 valence electrons. The summed E-state index contributed by atoms with van der Waals surface area (Å²) in [4.78, 5) is 14.5. The zero-order chi connectivity index (χ0) is 18.7. The Kier molecular flexibility index (Phi) is 5.50. The summed E-state index contributed by atoms with van der Waals surface area (Å²) in [5.41, 5.74) is 6.42. The van der Waals surface area contributed by atoms with E-state index in [1.165, 1.54) is 18.2 Å². The molecule has 3 rings (SSSR count). The van der Waals surface area contributed by atoms with Crippen LogP contribution >= 0.6 is 11.6 Å². The molecule has 1 fully saturated rings. The fraction of sp³-hybridized carbons (Fsp3) is 0.278. The minimum atomic E-state index is -3.83. The molecular formula is C18H20ClN3O3S. The number of nitrogens with two attached hydrogens (primary N) is 1. The van der Waals surface area contributed by atoms with E-state index in [4.69, 9.17) is 17.3 Å². The summed E-state index contributed by atoms with van der Waals surface area (Å²) >= 11 is 5.89. The van der Waals surface area contributed by atoms with Gasteiger partial charge in [0.1, 0.15) is 0 Å². The normalized spacial score (nSPS) is 17.3. The molecule has 26 heavy (non-hydrogen) atoms. The number of hydrogen-bond donors (Lipinski definition) is 2. The second-order valence-corrected chi connectivity index (χ2v) is 8.29. The van der Waals surface area contributed by atoms with E-state index >= 15 is 0 Å². The third-order valence-electron chi connectivity index (χ3n) is 4.38. The predicted molar refractivity (Wildman–Crippen MR) is 102 cm³/mol. The maximum atomic E-state index is 12.7. The lowest BCUT2D eigenvalue weighted by Gasteiger charge is -2.23. The highest BCUT2D eigenvalue weighted by molar-refractivity contribution is 7.92. The zero-order valence-corrected chi connectivity index (χ0v) is 15.6. The highest BCUT2D eigenvalue weighted by Gasteiger charge is 2.29. The van der Waals surface area contributed by atoms with Crippen LogP contribution in [0.15, 0.2) is 53.4 Å². The van der Waals surface area contributed by atoms with Gasteiger partial charge in [-0.1, -0.05) is 23.7 Å². The molecule has 8 heteroatoms. The molecular weight excluding hydrogens is 374 g/mol. The number of likely N-dealkylation sites (tertiary alicyclic amines) is 1. The zero-order valence-electron chi connectivity index (χ0n) is 14.1. The van der Waals surface area contributed by atoms with E-state index < -0.39 is 10.0 Å². The van der Waals surface area contributed by atoms with Gasteiger partial charge in [-0.2, -0.15) is 0 Å². The summed E-state index contributed by atoms with van der Waals surface area (Å²) in [6.07, 6.45) is 1.78. The van der Waals surface area contributed by atoms with Crippen LogP contribution < -0.4 is 10.5 Å². The number of halogens is 1. The van der Waals surface area contributed by atoms with Gasteiger partial charge in [0.2, 0.25) is 0 Å². The number of carbonyl (C=O) groups is 1. The van der Waals surface area contributed by atoms with Crippen LogP contribution in [0.5, 0.6) is 0 Å². The smallest absolute Gasteiger partial charge is 0.261 e. The van der Waals surface area contributed by atoms with Gasteiger partial charge in [0.15, 0.2) is 0 Å². The van der Waals surface area contributed by atoms with E-state index in [0.29, 0.717) is 29.4 Å². The number of amides is 1. The third-order valence-corrected chi connectivity index (χ3v) is 5.99. The van der Waals surface area contributed by atoms with E-state index in [1.807, 2.05) is 0 Å². The number of nitrogens with one attached hydrogen (secondary N) is 1. The van der Waals surface area contributed by atoms with Gasteiger partial charge in [0, 0.05) is 29.7 Å². The molecule has 1 aliphatic heterocycles. The highest BCUT2D eigenvalue weighted by atomic mass is 35.5. The van der Waals surface area contributed by atoms with Gasteiger partial charge < -0.3 is 10.6 Å². The van der Waals surface area contributed by atoms with Crippen LogP contribution in [0, 0.1) is 0 Å². The van der Waals surface area contributed by atoms with Gasteiger partial charge in [0.25, 0.3) is 15.9 Å². The molecule has 0 spiro atoms. The second kappa shape index (κ2) is 7.65. The van der Waals surface area contributed by atoms with Crippen molar-refractivity contribution in [2.24, 2.45) is 5.73 Å². The first-order valence-corrected chi connectivity index (χ1v) is 10.2. The standard InChI is InChI=1S/C18H20ClN3O3S/c19-14-5-2-6-15(11-14)21-26(24,25)17-8-1-4-13(10-17)18(23)22-9-3-7-16(22)12-20/h1-2,4-6,8,10-11,16,21H,3,7,9,12,20H2. The average molecular weight is 394 g/mol.